The largest absolute Gasteiger partial charge is 0.383 e. The number of carbonyl (C=O) groups excluding carboxylic acids is 2. The maximum Gasteiger partial charge on any atom is 0.325 e. The van der Waals surface area contributed by atoms with Gasteiger partial charge in [-0.15, -0.1) is 0 Å². The normalized spacial score (nSPS) is 17.6. The van der Waals surface area contributed by atoms with Crippen LogP contribution >= 0.6 is 0 Å². The van der Waals surface area contributed by atoms with E-state index in [1.807, 2.05) is 0 Å². The van der Waals surface area contributed by atoms with E-state index in [1.54, 1.807) is 31.8 Å². The number of anilines is 1. The summed E-state index contributed by atoms with van der Waals surface area (Å²) >= 11 is 0. The Bertz CT molecular complexity index is 764. The highest BCUT2D eigenvalue weighted by molar-refractivity contribution is 6.06. The van der Waals surface area contributed by atoms with Crippen molar-refractivity contribution < 1.29 is 9.59 Å². The molecule has 1 saturated heterocycles. The maximum atomic E-state index is 12.1. The van der Waals surface area contributed by atoms with Crippen LogP contribution in [0.3, 0.4) is 0 Å². The molecule has 3 N–H and O–H groups in total. The van der Waals surface area contributed by atoms with Crippen LogP contribution in [0.4, 0.5) is 10.6 Å². The van der Waals surface area contributed by atoms with E-state index < -0.39 is 11.6 Å². The maximum absolute atomic E-state index is 12.1. The smallest absolute Gasteiger partial charge is 0.325 e. The van der Waals surface area contributed by atoms with Gasteiger partial charge in [0, 0.05) is 7.05 Å². The van der Waals surface area contributed by atoms with Gasteiger partial charge in [0.05, 0.1) is 18.1 Å². The van der Waals surface area contributed by atoms with Gasteiger partial charge in [0.25, 0.3) is 5.91 Å². The van der Waals surface area contributed by atoms with Crippen molar-refractivity contribution in [2.75, 3.05) is 5.73 Å². The third-order valence-electron chi connectivity index (χ3n) is 3.41. The van der Waals surface area contributed by atoms with Crippen molar-refractivity contribution in [2.24, 2.45) is 7.05 Å². The number of amides is 3. The fourth-order valence-electron chi connectivity index (χ4n) is 2.26. The van der Waals surface area contributed by atoms with E-state index in [1.165, 1.54) is 0 Å². The van der Waals surface area contributed by atoms with Gasteiger partial charge in [-0.05, 0) is 13.8 Å². The van der Waals surface area contributed by atoms with Crippen molar-refractivity contribution >= 4 is 28.8 Å². The van der Waals surface area contributed by atoms with Crippen molar-refractivity contribution in [1.82, 2.24) is 30.0 Å². The van der Waals surface area contributed by atoms with E-state index >= 15 is 0 Å². The van der Waals surface area contributed by atoms with Crippen molar-refractivity contribution in [3.63, 3.8) is 0 Å². The summed E-state index contributed by atoms with van der Waals surface area (Å²) in [5, 5.41) is 7.30. The molecule has 3 amide bonds. The predicted molar refractivity (Wildman–Crippen MR) is 73.9 cm³/mol. The Morgan fingerprint density at radius 2 is 2.05 bits per heavy atom. The van der Waals surface area contributed by atoms with Crippen LogP contribution in [-0.2, 0) is 18.4 Å². The Balaban J connectivity index is 1.97. The molecular formula is C12H15N7O2. The second kappa shape index (κ2) is 4.14. The Labute approximate surface area is 120 Å². The number of fused-ring (bicyclic) bond motifs is 1. The molecule has 0 unspecified atom stereocenters. The highest BCUT2D eigenvalue weighted by Crippen LogP contribution is 2.21. The standard InChI is InChI=1S/C12H15N7O2/c1-12(2)10(20)19(11(21)17-12)5-7-15-8(13)6-4-14-18(3)9(6)16-7/h4H,5H2,1-3H3,(H,17,21)(H2,13,15,16). The summed E-state index contributed by atoms with van der Waals surface area (Å²) in [6.07, 6.45) is 1.57. The van der Waals surface area contributed by atoms with Gasteiger partial charge in [0.2, 0.25) is 0 Å². The first-order valence-electron chi connectivity index (χ1n) is 6.38. The molecule has 1 aliphatic rings. The molecule has 2 aromatic rings. The van der Waals surface area contributed by atoms with Gasteiger partial charge in [-0.3, -0.25) is 14.4 Å². The fraction of sp³-hybridized carbons (Fsp3) is 0.417. The summed E-state index contributed by atoms with van der Waals surface area (Å²) in [4.78, 5) is 33.5. The van der Waals surface area contributed by atoms with Gasteiger partial charge in [-0.25, -0.2) is 14.8 Å². The Morgan fingerprint density at radius 3 is 2.67 bits per heavy atom. The van der Waals surface area contributed by atoms with Gasteiger partial charge in [-0.1, -0.05) is 0 Å². The molecule has 110 valence electrons. The Hall–Kier alpha value is -2.71. The molecule has 0 radical (unpaired) electrons. The number of nitrogens with one attached hydrogen (secondary N) is 1. The second-order valence-electron chi connectivity index (χ2n) is 5.48. The third-order valence-corrected chi connectivity index (χ3v) is 3.41. The highest BCUT2D eigenvalue weighted by Gasteiger charge is 2.44. The number of aromatic nitrogens is 4. The molecule has 3 rings (SSSR count). The van der Waals surface area contributed by atoms with E-state index in [-0.39, 0.29) is 18.3 Å². The summed E-state index contributed by atoms with van der Waals surface area (Å²) in [5.74, 6) is 0.249. The first-order valence-corrected chi connectivity index (χ1v) is 6.38. The van der Waals surface area contributed by atoms with Crippen molar-refractivity contribution in [3.8, 4) is 0 Å². The number of hydrogen-bond donors (Lipinski definition) is 2. The second-order valence-corrected chi connectivity index (χ2v) is 5.48. The zero-order valence-electron chi connectivity index (χ0n) is 11.9. The monoisotopic (exact) mass is 289 g/mol. The predicted octanol–water partition coefficient (Wildman–Crippen LogP) is -0.224. The minimum Gasteiger partial charge on any atom is -0.383 e. The van der Waals surface area contributed by atoms with E-state index in [0.717, 1.165) is 4.90 Å². The third kappa shape index (κ3) is 1.97. The number of hydrogen-bond acceptors (Lipinski definition) is 6. The number of imide groups is 1. The van der Waals surface area contributed by atoms with Gasteiger partial charge in [0.1, 0.15) is 11.4 Å². The zero-order valence-corrected chi connectivity index (χ0v) is 11.9. The topological polar surface area (TPSA) is 119 Å². The fourth-order valence-corrected chi connectivity index (χ4v) is 2.26. The van der Waals surface area contributed by atoms with Crippen LogP contribution < -0.4 is 11.1 Å². The first-order chi connectivity index (χ1) is 9.79. The molecule has 0 aromatic carbocycles. The number of carbonyl (C=O) groups is 2. The van der Waals surface area contributed by atoms with Crippen LogP contribution in [0.25, 0.3) is 11.0 Å². The number of nitrogens with two attached hydrogens (primary N) is 1. The SMILES string of the molecule is Cn1ncc2c(N)nc(CN3C(=O)NC(C)(C)C3=O)nc21. The Morgan fingerprint density at radius 1 is 1.33 bits per heavy atom. The van der Waals surface area contributed by atoms with Crippen LogP contribution in [0.5, 0.6) is 0 Å². The average Bonchev–Trinajstić information content (AvgIpc) is 2.84. The lowest BCUT2D eigenvalue weighted by Gasteiger charge is -2.15. The van der Waals surface area contributed by atoms with Crippen LogP contribution in [0.1, 0.15) is 19.7 Å². The average molecular weight is 289 g/mol. The summed E-state index contributed by atoms with van der Waals surface area (Å²) in [6.45, 7) is 3.26. The van der Waals surface area contributed by atoms with Gasteiger partial charge < -0.3 is 11.1 Å². The summed E-state index contributed by atoms with van der Waals surface area (Å²) in [5.41, 5.74) is 5.50. The lowest BCUT2D eigenvalue weighted by atomic mass is 10.1. The molecule has 9 heteroatoms. The first kappa shape index (κ1) is 13.3. The van der Waals surface area contributed by atoms with Gasteiger partial charge in [-0.2, -0.15) is 5.10 Å². The van der Waals surface area contributed by atoms with E-state index in [0.29, 0.717) is 16.9 Å². The zero-order chi connectivity index (χ0) is 15.4. The van der Waals surface area contributed by atoms with Crippen LogP contribution in [0.15, 0.2) is 6.20 Å². The lowest BCUT2D eigenvalue weighted by molar-refractivity contribution is -0.130. The summed E-state index contributed by atoms with van der Waals surface area (Å²) in [6, 6.07) is -0.461. The van der Waals surface area contributed by atoms with Crippen molar-refractivity contribution in [2.45, 2.75) is 25.9 Å². The van der Waals surface area contributed by atoms with E-state index in [4.69, 9.17) is 5.73 Å². The molecule has 1 fully saturated rings. The number of aryl methyl sites for hydroxylation is 1. The van der Waals surface area contributed by atoms with Crippen LogP contribution in [-0.4, -0.2) is 42.1 Å². The van der Waals surface area contributed by atoms with E-state index in [9.17, 15) is 9.59 Å². The highest BCUT2D eigenvalue weighted by atomic mass is 16.2. The van der Waals surface area contributed by atoms with Crippen LogP contribution in [0.2, 0.25) is 0 Å². The molecule has 0 bridgehead atoms. The van der Waals surface area contributed by atoms with E-state index in [2.05, 4.69) is 20.4 Å². The minimum atomic E-state index is -0.917. The summed E-state index contributed by atoms with van der Waals surface area (Å²) in [7, 11) is 1.73. The molecule has 0 aliphatic carbocycles. The number of urea groups is 1. The number of rotatable bonds is 2. The molecule has 0 spiro atoms. The van der Waals surface area contributed by atoms with Crippen molar-refractivity contribution in [1.29, 1.82) is 0 Å². The van der Waals surface area contributed by atoms with Crippen molar-refractivity contribution in [3.05, 3.63) is 12.0 Å². The van der Waals surface area contributed by atoms with Crippen LogP contribution in [0, 0.1) is 0 Å². The molecule has 3 heterocycles. The molecule has 21 heavy (non-hydrogen) atoms. The summed E-state index contributed by atoms with van der Waals surface area (Å²) < 4.78 is 1.56. The number of nitrogen functional groups attached to an aromatic ring is 1. The quantitative estimate of drug-likeness (QED) is 0.737. The molecular weight excluding hydrogens is 274 g/mol. The molecule has 2 aromatic heterocycles. The molecule has 9 nitrogen and oxygen atoms in total. The minimum absolute atomic E-state index is 0.0284. The number of nitrogens with zero attached hydrogens (tertiary/aromatic N) is 5. The Kier molecular flexibility index (Phi) is 2.62. The lowest BCUT2D eigenvalue weighted by Crippen LogP contribution is -2.40. The molecule has 0 saturated carbocycles. The van der Waals surface area contributed by atoms with Gasteiger partial charge in [0.15, 0.2) is 11.5 Å². The molecule has 0 atom stereocenters. The van der Waals surface area contributed by atoms with Gasteiger partial charge >= 0.3 is 6.03 Å². The molecule has 1 aliphatic heterocycles.